The van der Waals surface area contributed by atoms with E-state index in [1.807, 2.05) is 7.05 Å². The van der Waals surface area contributed by atoms with Gasteiger partial charge in [0.15, 0.2) is 0 Å². The lowest BCUT2D eigenvalue weighted by molar-refractivity contribution is 0.263. The van der Waals surface area contributed by atoms with Crippen LogP contribution in [0.15, 0.2) is 23.1 Å². The van der Waals surface area contributed by atoms with Gasteiger partial charge in [0.25, 0.3) is 0 Å². The van der Waals surface area contributed by atoms with Gasteiger partial charge in [-0.05, 0) is 44.5 Å². The van der Waals surface area contributed by atoms with Crippen LogP contribution < -0.4 is 5.32 Å². The van der Waals surface area contributed by atoms with Crippen LogP contribution in [0.1, 0.15) is 12.8 Å². The number of nitrogens with zero attached hydrogens (tertiary/aromatic N) is 1. The monoisotopic (exact) mass is 336 g/mol. The average molecular weight is 337 g/mol. The van der Waals surface area contributed by atoms with Crippen molar-refractivity contribution < 1.29 is 8.42 Å². The molecule has 1 aliphatic rings. The summed E-state index contributed by atoms with van der Waals surface area (Å²) in [6, 6.07) is 4.74. The molecule has 0 spiro atoms. The Morgan fingerprint density at radius 3 is 2.60 bits per heavy atom. The lowest BCUT2D eigenvalue weighted by Gasteiger charge is -2.32. The van der Waals surface area contributed by atoms with Gasteiger partial charge >= 0.3 is 0 Å². The third kappa shape index (κ3) is 3.28. The highest BCUT2D eigenvalue weighted by Crippen LogP contribution is 2.33. The molecule has 1 N–H and O–H groups in total. The molecular weight excluding hydrogens is 319 g/mol. The maximum atomic E-state index is 12.7. The van der Waals surface area contributed by atoms with E-state index in [2.05, 4.69) is 5.32 Å². The van der Waals surface area contributed by atoms with Gasteiger partial charge in [-0.1, -0.05) is 29.3 Å². The van der Waals surface area contributed by atoms with Crippen molar-refractivity contribution in [2.45, 2.75) is 17.7 Å². The fourth-order valence-corrected chi connectivity index (χ4v) is 5.20. The van der Waals surface area contributed by atoms with Crippen LogP contribution in [0.3, 0.4) is 0 Å². The number of hydrogen-bond acceptors (Lipinski definition) is 3. The van der Waals surface area contributed by atoms with Crippen LogP contribution in [0.2, 0.25) is 10.0 Å². The predicted octanol–water partition coefficient (Wildman–Crippen LogP) is 2.61. The third-order valence-corrected chi connectivity index (χ3v) is 6.31. The highest BCUT2D eigenvalue weighted by molar-refractivity contribution is 7.89. The lowest BCUT2D eigenvalue weighted by atomic mass is 10.00. The molecule has 20 heavy (non-hydrogen) atoms. The Kier molecular flexibility index (Phi) is 5.31. The Hall–Kier alpha value is -0.330. The minimum absolute atomic E-state index is 0.0217. The molecule has 2 rings (SSSR count). The molecule has 0 amide bonds. The van der Waals surface area contributed by atoms with E-state index in [-0.39, 0.29) is 14.9 Å². The molecule has 1 aliphatic heterocycles. The molecule has 0 aromatic heterocycles. The van der Waals surface area contributed by atoms with E-state index in [1.165, 1.54) is 4.31 Å². The Bertz CT molecular complexity index is 555. The molecule has 1 heterocycles. The van der Waals surface area contributed by atoms with Crippen LogP contribution in [-0.2, 0) is 10.0 Å². The van der Waals surface area contributed by atoms with Crippen molar-refractivity contribution in [3.8, 4) is 0 Å². The van der Waals surface area contributed by atoms with E-state index < -0.39 is 10.0 Å². The van der Waals surface area contributed by atoms with Gasteiger partial charge in [-0.2, -0.15) is 4.31 Å². The summed E-state index contributed by atoms with van der Waals surface area (Å²) in [4.78, 5) is 0.0217. The average Bonchev–Trinajstić information content (AvgIpc) is 2.39. The first-order valence-corrected chi connectivity index (χ1v) is 8.75. The number of hydrogen-bond donors (Lipinski definition) is 1. The quantitative estimate of drug-likeness (QED) is 0.919. The van der Waals surface area contributed by atoms with Gasteiger partial charge < -0.3 is 5.32 Å². The molecule has 4 nitrogen and oxygen atoms in total. The van der Waals surface area contributed by atoms with E-state index in [9.17, 15) is 8.42 Å². The molecule has 0 bridgehead atoms. The highest BCUT2D eigenvalue weighted by atomic mass is 35.5. The number of benzene rings is 1. The SMILES string of the molecule is CNCC1CCCN(S(=O)(=O)c2c(Cl)cccc2Cl)C1. The van der Waals surface area contributed by atoms with Gasteiger partial charge in [-0.15, -0.1) is 0 Å². The van der Waals surface area contributed by atoms with E-state index in [1.54, 1.807) is 18.2 Å². The van der Waals surface area contributed by atoms with Crippen molar-refractivity contribution in [1.29, 1.82) is 0 Å². The zero-order chi connectivity index (χ0) is 14.8. The fourth-order valence-electron chi connectivity index (χ4n) is 2.56. The second-order valence-electron chi connectivity index (χ2n) is 4.98. The second-order valence-corrected chi connectivity index (χ2v) is 7.67. The van der Waals surface area contributed by atoms with Crippen LogP contribution in [0.5, 0.6) is 0 Å². The number of rotatable bonds is 4. The minimum Gasteiger partial charge on any atom is -0.319 e. The van der Waals surface area contributed by atoms with Crippen LogP contribution in [0.25, 0.3) is 0 Å². The summed E-state index contributed by atoms with van der Waals surface area (Å²) in [5.41, 5.74) is 0. The second kappa shape index (κ2) is 6.62. The zero-order valence-electron chi connectivity index (χ0n) is 11.3. The summed E-state index contributed by atoms with van der Waals surface area (Å²) in [5.74, 6) is 0.324. The van der Waals surface area contributed by atoms with E-state index in [0.29, 0.717) is 19.0 Å². The predicted molar refractivity (Wildman–Crippen MR) is 81.9 cm³/mol. The summed E-state index contributed by atoms with van der Waals surface area (Å²) in [5, 5.41) is 3.45. The van der Waals surface area contributed by atoms with E-state index >= 15 is 0 Å². The summed E-state index contributed by atoms with van der Waals surface area (Å²) in [7, 11) is -1.76. The Balaban J connectivity index is 2.30. The molecule has 0 aliphatic carbocycles. The number of piperidine rings is 1. The van der Waals surface area contributed by atoms with E-state index in [0.717, 1.165) is 19.4 Å². The number of nitrogens with one attached hydrogen (secondary N) is 1. The molecule has 1 saturated heterocycles. The van der Waals surface area contributed by atoms with E-state index in [4.69, 9.17) is 23.2 Å². The van der Waals surface area contributed by atoms with Crippen LogP contribution in [-0.4, -0.2) is 39.4 Å². The lowest BCUT2D eigenvalue weighted by Crippen LogP contribution is -2.42. The van der Waals surface area contributed by atoms with Crippen molar-refractivity contribution >= 4 is 33.2 Å². The van der Waals surface area contributed by atoms with Gasteiger partial charge in [-0.3, -0.25) is 0 Å². The minimum atomic E-state index is -3.63. The molecule has 1 aromatic rings. The van der Waals surface area contributed by atoms with Crippen molar-refractivity contribution in [2.75, 3.05) is 26.7 Å². The first-order chi connectivity index (χ1) is 9.46. The summed E-state index contributed by atoms with van der Waals surface area (Å²) in [6.45, 7) is 1.83. The van der Waals surface area contributed by atoms with Gasteiger partial charge in [0.2, 0.25) is 10.0 Å². The number of halogens is 2. The van der Waals surface area contributed by atoms with Crippen molar-refractivity contribution in [2.24, 2.45) is 5.92 Å². The smallest absolute Gasteiger partial charge is 0.246 e. The first kappa shape index (κ1) is 16.0. The normalized spacial score (nSPS) is 21.1. The van der Waals surface area contributed by atoms with Crippen molar-refractivity contribution in [1.82, 2.24) is 9.62 Å². The van der Waals surface area contributed by atoms with Crippen LogP contribution >= 0.6 is 23.2 Å². The van der Waals surface area contributed by atoms with Gasteiger partial charge in [-0.25, -0.2) is 8.42 Å². The summed E-state index contributed by atoms with van der Waals surface area (Å²) < 4.78 is 26.9. The largest absolute Gasteiger partial charge is 0.319 e. The van der Waals surface area contributed by atoms with Crippen LogP contribution in [0.4, 0.5) is 0 Å². The molecule has 1 atom stereocenters. The molecule has 112 valence electrons. The Morgan fingerprint density at radius 1 is 1.35 bits per heavy atom. The topological polar surface area (TPSA) is 49.4 Å². The summed E-state index contributed by atoms with van der Waals surface area (Å²) in [6.07, 6.45) is 1.89. The van der Waals surface area contributed by atoms with Gasteiger partial charge in [0.05, 0.1) is 10.0 Å². The Labute approximate surface area is 130 Å². The maximum Gasteiger partial charge on any atom is 0.246 e. The van der Waals surface area contributed by atoms with Crippen molar-refractivity contribution in [3.63, 3.8) is 0 Å². The standard InChI is InChI=1S/C13H18Cl2N2O2S/c1-16-8-10-4-3-7-17(9-10)20(18,19)13-11(14)5-2-6-12(13)15/h2,5-6,10,16H,3-4,7-9H2,1H3. The van der Waals surface area contributed by atoms with Gasteiger partial charge in [0.1, 0.15) is 4.90 Å². The maximum absolute atomic E-state index is 12.7. The summed E-state index contributed by atoms with van der Waals surface area (Å²) >= 11 is 12.1. The highest BCUT2D eigenvalue weighted by Gasteiger charge is 2.32. The molecular formula is C13H18Cl2N2O2S. The fraction of sp³-hybridized carbons (Fsp3) is 0.538. The Morgan fingerprint density at radius 2 is 2.00 bits per heavy atom. The number of sulfonamides is 1. The molecule has 1 fully saturated rings. The van der Waals surface area contributed by atoms with Gasteiger partial charge in [0, 0.05) is 13.1 Å². The molecule has 7 heteroatoms. The molecule has 0 saturated carbocycles. The zero-order valence-corrected chi connectivity index (χ0v) is 13.6. The van der Waals surface area contributed by atoms with Crippen molar-refractivity contribution in [3.05, 3.63) is 28.2 Å². The molecule has 0 radical (unpaired) electrons. The molecule has 1 aromatic carbocycles. The molecule has 1 unspecified atom stereocenters. The first-order valence-electron chi connectivity index (χ1n) is 6.55. The third-order valence-electron chi connectivity index (χ3n) is 3.49. The van der Waals surface area contributed by atoms with Crippen LogP contribution in [0, 0.1) is 5.92 Å².